The average molecular weight is 528 g/mol. The number of carbonyl (C=O) groups excluding carboxylic acids is 1. The van der Waals surface area contributed by atoms with Crippen LogP contribution in [0.5, 0.6) is 5.75 Å². The number of nitrogens with zero attached hydrogens (tertiary/aromatic N) is 4. The van der Waals surface area contributed by atoms with E-state index in [1.807, 2.05) is 59.2 Å². The maximum atomic E-state index is 12.5. The number of benzene rings is 3. The van der Waals surface area contributed by atoms with Crippen molar-refractivity contribution in [3.05, 3.63) is 90.0 Å². The van der Waals surface area contributed by atoms with Crippen molar-refractivity contribution in [1.82, 2.24) is 20.2 Å². The van der Waals surface area contributed by atoms with Gasteiger partial charge in [0.25, 0.3) is 5.91 Å². The number of ether oxygens (including phenoxy) is 1. The zero-order valence-corrected chi connectivity index (χ0v) is 23.0. The van der Waals surface area contributed by atoms with Gasteiger partial charge >= 0.3 is 0 Å². The number of hydrogen-bond acceptors (Lipinski definition) is 6. The van der Waals surface area contributed by atoms with Crippen LogP contribution >= 0.6 is 11.8 Å². The molecule has 0 aliphatic carbocycles. The lowest BCUT2D eigenvalue weighted by atomic mass is 9.87. The molecule has 1 N–H and O–H groups in total. The number of para-hydroxylation sites is 1. The number of nitrogens with one attached hydrogen (secondary N) is 1. The molecule has 1 heterocycles. The molecule has 7 nitrogen and oxygen atoms in total. The Labute approximate surface area is 228 Å². The first kappa shape index (κ1) is 27.1. The lowest BCUT2D eigenvalue weighted by Gasteiger charge is -2.19. The quantitative estimate of drug-likeness (QED) is 0.149. The third kappa shape index (κ3) is 7.10. The zero-order chi connectivity index (χ0) is 27.0. The first-order valence-electron chi connectivity index (χ1n) is 12.6. The fraction of sp³-hybridized carbons (Fsp3) is 0.267. The number of carbonyl (C=O) groups is 1. The van der Waals surface area contributed by atoms with Crippen molar-refractivity contribution in [1.29, 1.82) is 0 Å². The highest BCUT2D eigenvalue weighted by atomic mass is 32.2. The van der Waals surface area contributed by atoms with Crippen molar-refractivity contribution in [3.8, 4) is 22.8 Å². The summed E-state index contributed by atoms with van der Waals surface area (Å²) in [5.41, 5.74) is 6.66. The van der Waals surface area contributed by atoms with Crippen LogP contribution in [0.1, 0.15) is 45.2 Å². The number of aromatic nitrogens is 3. The second-order valence-electron chi connectivity index (χ2n) is 9.80. The predicted octanol–water partition coefficient (Wildman–Crippen LogP) is 6.26. The van der Waals surface area contributed by atoms with Crippen molar-refractivity contribution in [2.75, 3.05) is 12.4 Å². The second kappa shape index (κ2) is 12.6. The van der Waals surface area contributed by atoms with Crippen LogP contribution in [0.3, 0.4) is 0 Å². The van der Waals surface area contributed by atoms with Gasteiger partial charge in [0.1, 0.15) is 5.75 Å². The lowest BCUT2D eigenvalue weighted by Crippen LogP contribution is -2.20. The van der Waals surface area contributed by atoms with Crippen LogP contribution in [0, 0.1) is 0 Å². The molecular formula is C30H33N5O2S. The fourth-order valence-electron chi connectivity index (χ4n) is 3.69. The first-order chi connectivity index (χ1) is 18.3. The third-order valence-corrected chi connectivity index (χ3v) is 6.67. The molecule has 4 aromatic rings. The minimum Gasteiger partial charge on any atom is -0.494 e. The van der Waals surface area contributed by atoms with Gasteiger partial charge in [0.15, 0.2) is 11.0 Å². The first-order valence-corrected chi connectivity index (χ1v) is 13.6. The Morgan fingerprint density at radius 2 is 1.71 bits per heavy atom. The van der Waals surface area contributed by atoms with Crippen LogP contribution in [-0.4, -0.2) is 39.2 Å². The highest BCUT2D eigenvalue weighted by Crippen LogP contribution is 2.30. The summed E-state index contributed by atoms with van der Waals surface area (Å²) in [6, 6.07) is 25.9. The summed E-state index contributed by atoms with van der Waals surface area (Å²) in [5.74, 6) is 1.46. The Balaban J connectivity index is 1.44. The topological polar surface area (TPSA) is 81.4 Å². The Bertz CT molecular complexity index is 1360. The fourth-order valence-corrected chi connectivity index (χ4v) is 4.44. The summed E-state index contributed by atoms with van der Waals surface area (Å²) in [5, 5.41) is 13.6. The molecule has 196 valence electrons. The van der Waals surface area contributed by atoms with Crippen LogP contribution in [0.25, 0.3) is 17.1 Å². The number of rotatable bonds is 10. The van der Waals surface area contributed by atoms with E-state index in [1.165, 1.54) is 17.3 Å². The summed E-state index contributed by atoms with van der Waals surface area (Å²) in [6.45, 7) is 9.33. The third-order valence-electron chi connectivity index (χ3n) is 5.75. The smallest absolute Gasteiger partial charge is 0.250 e. The van der Waals surface area contributed by atoms with E-state index in [-0.39, 0.29) is 17.1 Å². The van der Waals surface area contributed by atoms with Crippen LogP contribution in [0.15, 0.2) is 89.1 Å². The largest absolute Gasteiger partial charge is 0.494 e. The maximum Gasteiger partial charge on any atom is 0.250 e. The highest BCUT2D eigenvalue weighted by Gasteiger charge is 2.19. The maximum absolute atomic E-state index is 12.5. The van der Waals surface area contributed by atoms with Gasteiger partial charge < -0.3 is 4.74 Å². The minimum atomic E-state index is -0.229. The van der Waals surface area contributed by atoms with Gasteiger partial charge in [0.05, 0.1) is 18.6 Å². The van der Waals surface area contributed by atoms with Crippen molar-refractivity contribution in [2.24, 2.45) is 5.10 Å². The molecule has 1 aromatic heterocycles. The molecule has 4 rings (SSSR count). The van der Waals surface area contributed by atoms with Crippen molar-refractivity contribution < 1.29 is 9.53 Å². The van der Waals surface area contributed by atoms with E-state index in [1.54, 1.807) is 6.21 Å². The molecule has 38 heavy (non-hydrogen) atoms. The molecular weight excluding hydrogens is 494 g/mol. The molecule has 0 fully saturated rings. The van der Waals surface area contributed by atoms with Gasteiger partial charge in [-0.05, 0) is 59.4 Å². The number of hydrogen-bond donors (Lipinski definition) is 1. The van der Waals surface area contributed by atoms with E-state index in [0.29, 0.717) is 11.8 Å². The van der Waals surface area contributed by atoms with E-state index in [4.69, 9.17) is 4.74 Å². The molecule has 8 heteroatoms. The monoisotopic (exact) mass is 527 g/mol. The number of hydrazone groups is 1. The van der Waals surface area contributed by atoms with Gasteiger partial charge in [-0.25, -0.2) is 5.43 Å². The Kier molecular flexibility index (Phi) is 8.97. The molecule has 0 aliphatic heterocycles. The molecule has 0 saturated carbocycles. The van der Waals surface area contributed by atoms with Gasteiger partial charge in [0.2, 0.25) is 0 Å². The Hall–Kier alpha value is -3.91. The molecule has 0 spiro atoms. The normalized spacial score (nSPS) is 11.6. The van der Waals surface area contributed by atoms with Crippen LogP contribution in [0.2, 0.25) is 0 Å². The minimum absolute atomic E-state index is 0.0645. The SMILES string of the molecule is CCCOc1ccc(/C=N/NC(=O)CSc2nnc(-c3ccc(C(C)(C)C)cc3)n2-c2ccccc2)cc1. The van der Waals surface area contributed by atoms with Crippen molar-refractivity contribution >= 4 is 23.9 Å². The number of amides is 1. The van der Waals surface area contributed by atoms with Crippen molar-refractivity contribution in [2.45, 2.75) is 44.7 Å². The molecule has 0 atom stereocenters. The van der Waals surface area contributed by atoms with E-state index >= 15 is 0 Å². The lowest BCUT2D eigenvalue weighted by molar-refractivity contribution is -0.118. The highest BCUT2D eigenvalue weighted by molar-refractivity contribution is 7.99. The molecule has 0 saturated heterocycles. The van der Waals surface area contributed by atoms with Crippen LogP contribution < -0.4 is 10.2 Å². The van der Waals surface area contributed by atoms with Crippen LogP contribution in [-0.2, 0) is 10.2 Å². The molecule has 0 bridgehead atoms. The average Bonchev–Trinajstić information content (AvgIpc) is 3.35. The molecule has 3 aromatic carbocycles. The van der Waals surface area contributed by atoms with E-state index in [0.717, 1.165) is 34.8 Å². The zero-order valence-electron chi connectivity index (χ0n) is 22.2. The van der Waals surface area contributed by atoms with E-state index in [9.17, 15) is 4.79 Å². The second-order valence-corrected chi connectivity index (χ2v) is 10.7. The predicted molar refractivity (Wildman–Crippen MR) is 154 cm³/mol. The Morgan fingerprint density at radius 1 is 1.00 bits per heavy atom. The van der Waals surface area contributed by atoms with Crippen molar-refractivity contribution in [3.63, 3.8) is 0 Å². The van der Waals surface area contributed by atoms with Gasteiger partial charge in [-0.2, -0.15) is 5.10 Å². The molecule has 0 radical (unpaired) electrons. The molecule has 0 aliphatic rings. The van der Waals surface area contributed by atoms with Crippen LogP contribution in [0.4, 0.5) is 0 Å². The van der Waals surface area contributed by atoms with E-state index < -0.39 is 0 Å². The van der Waals surface area contributed by atoms with Gasteiger partial charge in [-0.1, -0.05) is 81.9 Å². The summed E-state index contributed by atoms with van der Waals surface area (Å²) in [7, 11) is 0. The summed E-state index contributed by atoms with van der Waals surface area (Å²) < 4.78 is 7.57. The standard InChI is InChI=1S/C30H33N5O2S/c1-5-19-37-26-17-11-22(12-18-26)20-31-32-27(36)21-38-29-34-33-28(35(29)25-9-7-6-8-10-25)23-13-15-24(16-14-23)30(2,3)4/h6-18,20H,5,19,21H2,1-4H3,(H,32,36)/b31-20+. The molecule has 1 amide bonds. The van der Waals surface area contributed by atoms with Gasteiger partial charge in [-0.15, -0.1) is 10.2 Å². The summed E-state index contributed by atoms with van der Waals surface area (Å²) >= 11 is 1.32. The van der Waals surface area contributed by atoms with Gasteiger partial charge in [0, 0.05) is 11.3 Å². The number of thioether (sulfide) groups is 1. The summed E-state index contributed by atoms with van der Waals surface area (Å²) in [4.78, 5) is 12.5. The van der Waals surface area contributed by atoms with Gasteiger partial charge in [-0.3, -0.25) is 9.36 Å². The Morgan fingerprint density at radius 3 is 2.37 bits per heavy atom. The van der Waals surface area contributed by atoms with E-state index in [2.05, 4.69) is 72.7 Å². The molecule has 0 unspecified atom stereocenters. The summed E-state index contributed by atoms with van der Waals surface area (Å²) in [6.07, 6.45) is 2.57.